The molecule has 2 aliphatic heterocycles. The summed E-state index contributed by atoms with van der Waals surface area (Å²) in [6.07, 6.45) is 15.1. The van der Waals surface area contributed by atoms with Crippen LogP contribution in [0.5, 0.6) is 0 Å². The molecule has 0 radical (unpaired) electrons. The van der Waals surface area contributed by atoms with Gasteiger partial charge in [0.25, 0.3) is 0 Å². The zero-order chi connectivity index (χ0) is 12.7. The molecule has 0 aromatic heterocycles. The van der Waals surface area contributed by atoms with Crippen LogP contribution >= 0.6 is 0 Å². The number of benzene rings is 1. The summed E-state index contributed by atoms with van der Waals surface area (Å²) in [5.74, 6) is 1.36. The van der Waals surface area contributed by atoms with E-state index in [1.54, 1.807) is 0 Å². The number of rotatable bonds is 1. The van der Waals surface area contributed by atoms with Crippen LogP contribution in [-0.2, 0) is 6.54 Å². The summed E-state index contributed by atoms with van der Waals surface area (Å²) in [5, 5.41) is 0. The summed E-state index contributed by atoms with van der Waals surface area (Å²) in [5.41, 5.74) is 3.02. The molecule has 1 nitrogen and oxygen atoms in total. The molecule has 3 unspecified atom stereocenters. The summed E-state index contributed by atoms with van der Waals surface area (Å²) >= 11 is 0. The molecule has 19 heavy (non-hydrogen) atoms. The van der Waals surface area contributed by atoms with E-state index in [1.165, 1.54) is 24.1 Å². The Hall–Kier alpha value is -1.60. The molecular formula is C18H19N. The van der Waals surface area contributed by atoms with Crippen LogP contribution in [0.4, 0.5) is 0 Å². The molecule has 1 aromatic carbocycles. The second kappa shape index (κ2) is 4.50. The van der Waals surface area contributed by atoms with Crippen LogP contribution in [0.1, 0.15) is 23.6 Å². The third kappa shape index (κ3) is 1.89. The van der Waals surface area contributed by atoms with E-state index in [0.29, 0.717) is 17.9 Å². The average molecular weight is 249 g/mol. The largest absolute Gasteiger partial charge is 0.288 e. The van der Waals surface area contributed by atoms with Crippen LogP contribution in [0.15, 0.2) is 60.7 Å². The lowest BCUT2D eigenvalue weighted by Gasteiger charge is -2.34. The zero-order valence-corrected chi connectivity index (χ0v) is 11.1. The molecule has 1 aromatic rings. The maximum absolute atomic E-state index is 2.63. The maximum Gasteiger partial charge on any atom is 0.0538 e. The van der Waals surface area contributed by atoms with Gasteiger partial charge < -0.3 is 0 Å². The van der Waals surface area contributed by atoms with Crippen molar-refractivity contribution in [1.82, 2.24) is 4.90 Å². The highest BCUT2D eigenvalue weighted by atomic mass is 15.2. The summed E-state index contributed by atoms with van der Waals surface area (Å²) in [6.45, 7) is 2.31. The molecule has 2 heterocycles. The zero-order valence-electron chi connectivity index (χ0n) is 11.1. The number of hydrogen-bond acceptors (Lipinski definition) is 1. The Morgan fingerprint density at radius 2 is 1.89 bits per heavy atom. The van der Waals surface area contributed by atoms with Gasteiger partial charge in [-0.05, 0) is 29.4 Å². The topological polar surface area (TPSA) is 3.24 Å². The van der Waals surface area contributed by atoms with Gasteiger partial charge in [0.15, 0.2) is 0 Å². The fraction of sp³-hybridized carbons (Fsp3) is 0.333. The van der Waals surface area contributed by atoms with Crippen LogP contribution in [0, 0.1) is 11.8 Å². The predicted octanol–water partition coefficient (Wildman–Crippen LogP) is 3.86. The van der Waals surface area contributed by atoms with E-state index in [9.17, 15) is 0 Å². The second-order valence-corrected chi connectivity index (χ2v) is 5.83. The Morgan fingerprint density at radius 3 is 2.79 bits per heavy atom. The molecule has 0 saturated carbocycles. The maximum atomic E-state index is 2.63. The minimum atomic E-state index is 0.524. The average Bonchev–Trinajstić information content (AvgIpc) is 2.86. The summed E-state index contributed by atoms with van der Waals surface area (Å²) in [4.78, 5) is 2.63. The van der Waals surface area contributed by atoms with E-state index in [1.807, 2.05) is 0 Å². The first-order valence-electron chi connectivity index (χ1n) is 7.25. The lowest BCUT2D eigenvalue weighted by molar-refractivity contribution is 0.191. The Balaban J connectivity index is 1.58. The number of fused-ring (bicyclic) bond motifs is 3. The monoisotopic (exact) mass is 249 g/mol. The van der Waals surface area contributed by atoms with E-state index < -0.39 is 0 Å². The molecule has 0 fully saturated rings. The molecule has 1 aliphatic carbocycles. The van der Waals surface area contributed by atoms with Crippen LogP contribution in [0.3, 0.4) is 0 Å². The highest BCUT2D eigenvalue weighted by molar-refractivity contribution is 5.38. The Morgan fingerprint density at radius 1 is 0.947 bits per heavy atom. The molecule has 1 heteroatoms. The van der Waals surface area contributed by atoms with Gasteiger partial charge in [-0.3, -0.25) is 4.90 Å². The van der Waals surface area contributed by atoms with Crippen molar-refractivity contribution in [2.45, 2.75) is 19.0 Å². The van der Waals surface area contributed by atoms with Gasteiger partial charge in [0, 0.05) is 13.1 Å². The minimum Gasteiger partial charge on any atom is -0.288 e. The fourth-order valence-corrected chi connectivity index (χ4v) is 3.66. The standard InChI is InChI=1S/C18H19N/c1-2-6-14(7-3-1)15-10-11-18-17-9-5-4-8-16(17)13-19(18)12-15/h1-6,8-11,14-15,18H,7,12-13H2. The Bertz CT molecular complexity index is 567. The molecule has 3 aliphatic rings. The smallest absolute Gasteiger partial charge is 0.0538 e. The lowest BCUT2D eigenvalue weighted by atomic mass is 9.84. The fourth-order valence-electron chi connectivity index (χ4n) is 3.66. The van der Waals surface area contributed by atoms with Gasteiger partial charge in [0.05, 0.1) is 6.04 Å². The molecule has 0 spiro atoms. The Labute approximate surface area is 114 Å². The van der Waals surface area contributed by atoms with Crippen molar-refractivity contribution in [1.29, 1.82) is 0 Å². The van der Waals surface area contributed by atoms with E-state index in [-0.39, 0.29) is 0 Å². The van der Waals surface area contributed by atoms with Crippen LogP contribution in [0.2, 0.25) is 0 Å². The van der Waals surface area contributed by atoms with Crippen molar-refractivity contribution in [3.05, 3.63) is 71.8 Å². The second-order valence-electron chi connectivity index (χ2n) is 5.83. The highest BCUT2D eigenvalue weighted by Crippen LogP contribution is 2.39. The first-order valence-corrected chi connectivity index (χ1v) is 7.25. The van der Waals surface area contributed by atoms with Crippen molar-refractivity contribution >= 4 is 0 Å². The first-order chi connectivity index (χ1) is 9.42. The van der Waals surface area contributed by atoms with Gasteiger partial charge in [-0.1, -0.05) is 60.7 Å². The van der Waals surface area contributed by atoms with Crippen molar-refractivity contribution < 1.29 is 0 Å². The first kappa shape index (κ1) is 11.2. The lowest BCUT2D eigenvalue weighted by Crippen LogP contribution is -2.33. The van der Waals surface area contributed by atoms with Gasteiger partial charge in [-0.15, -0.1) is 0 Å². The summed E-state index contributed by atoms with van der Waals surface area (Å²) < 4.78 is 0. The highest BCUT2D eigenvalue weighted by Gasteiger charge is 2.33. The van der Waals surface area contributed by atoms with Gasteiger partial charge in [-0.2, -0.15) is 0 Å². The molecule has 0 amide bonds. The van der Waals surface area contributed by atoms with Gasteiger partial charge in [0.1, 0.15) is 0 Å². The molecule has 0 N–H and O–H groups in total. The van der Waals surface area contributed by atoms with E-state index in [4.69, 9.17) is 0 Å². The third-order valence-corrected chi connectivity index (χ3v) is 4.69. The van der Waals surface area contributed by atoms with E-state index in [0.717, 1.165) is 6.54 Å². The Kier molecular flexibility index (Phi) is 2.66. The van der Waals surface area contributed by atoms with Crippen molar-refractivity contribution in [2.24, 2.45) is 11.8 Å². The van der Waals surface area contributed by atoms with Crippen molar-refractivity contribution in [2.75, 3.05) is 6.54 Å². The summed E-state index contributed by atoms with van der Waals surface area (Å²) in [6, 6.07) is 9.41. The van der Waals surface area contributed by atoms with E-state index in [2.05, 4.69) is 65.6 Å². The van der Waals surface area contributed by atoms with Gasteiger partial charge in [-0.25, -0.2) is 0 Å². The third-order valence-electron chi connectivity index (χ3n) is 4.69. The number of hydrogen-bond donors (Lipinski definition) is 0. The van der Waals surface area contributed by atoms with Gasteiger partial charge >= 0.3 is 0 Å². The molecule has 4 rings (SSSR count). The van der Waals surface area contributed by atoms with Crippen LogP contribution in [0.25, 0.3) is 0 Å². The number of allylic oxidation sites excluding steroid dienone is 4. The minimum absolute atomic E-state index is 0.524. The quantitative estimate of drug-likeness (QED) is 0.683. The molecule has 0 bridgehead atoms. The van der Waals surface area contributed by atoms with Gasteiger partial charge in [0.2, 0.25) is 0 Å². The summed E-state index contributed by atoms with van der Waals surface area (Å²) in [7, 11) is 0. The molecular weight excluding hydrogens is 230 g/mol. The normalized spacial score (nSPS) is 32.3. The molecule has 0 saturated heterocycles. The van der Waals surface area contributed by atoms with E-state index >= 15 is 0 Å². The SMILES string of the molecule is C1=CCC(C2C=CC3c4ccccc4CN3C2)C=C1. The van der Waals surface area contributed by atoms with Crippen molar-refractivity contribution in [3.63, 3.8) is 0 Å². The molecule has 3 atom stereocenters. The predicted molar refractivity (Wildman–Crippen MR) is 78.6 cm³/mol. The van der Waals surface area contributed by atoms with Crippen LogP contribution < -0.4 is 0 Å². The van der Waals surface area contributed by atoms with Crippen LogP contribution in [-0.4, -0.2) is 11.4 Å². The molecule has 96 valence electrons. The van der Waals surface area contributed by atoms with Crippen molar-refractivity contribution in [3.8, 4) is 0 Å². The number of nitrogens with zero attached hydrogens (tertiary/aromatic N) is 1.